The van der Waals surface area contributed by atoms with Crippen LogP contribution >= 0.6 is 11.3 Å². The monoisotopic (exact) mass is 411 g/mol. The minimum atomic E-state index is -0.424. The molecule has 8 heteroatoms. The number of aliphatic hydroxyl groups excluding tert-OH is 1. The normalized spacial score (nSPS) is 21.5. The Morgan fingerprint density at radius 1 is 1.10 bits per heavy atom. The van der Waals surface area contributed by atoms with Gasteiger partial charge < -0.3 is 19.6 Å². The molecule has 0 radical (unpaired) electrons. The fraction of sp³-hybridized carbons (Fsp3) is 0.476. The fourth-order valence-electron chi connectivity index (χ4n) is 4.36. The predicted molar refractivity (Wildman–Crippen MR) is 115 cm³/mol. The van der Waals surface area contributed by atoms with E-state index in [9.17, 15) is 5.11 Å². The molecule has 2 fully saturated rings. The molecule has 2 aliphatic heterocycles. The maximum Gasteiger partial charge on any atom is 0.162 e. The Kier molecular flexibility index (Phi) is 5.30. The first-order valence-corrected chi connectivity index (χ1v) is 11.1. The Morgan fingerprint density at radius 2 is 2.00 bits per heavy atom. The molecule has 2 aromatic heterocycles. The van der Waals surface area contributed by atoms with Gasteiger partial charge in [0, 0.05) is 48.0 Å². The highest BCUT2D eigenvalue weighted by Crippen LogP contribution is 2.35. The summed E-state index contributed by atoms with van der Waals surface area (Å²) in [7, 11) is 0. The van der Waals surface area contributed by atoms with Crippen LogP contribution in [0.2, 0.25) is 0 Å². The number of aromatic nitrogens is 3. The zero-order valence-corrected chi connectivity index (χ0v) is 17.1. The molecule has 7 nitrogen and oxygen atoms in total. The minimum Gasteiger partial charge on any atom is -0.387 e. The molecule has 1 N–H and O–H groups in total. The Hall–Kier alpha value is -2.29. The van der Waals surface area contributed by atoms with Crippen LogP contribution in [-0.4, -0.2) is 59.9 Å². The van der Waals surface area contributed by atoms with Crippen LogP contribution in [0.5, 0.6) is 0 Å². The number of rotatable bonds is 4. The third kappa shape index (κ3) is 3.80. The zero-order valence-electron chi connectivity index (χ0n) is 16.3. The van der Waals surface area contributed by atoms with Crippen molar-refractivity contribution in [2.75, 3.05) is 49.2 Å². The van der Waals surface area contributed by atoms with Crippen molar-refractivity contribution in [3.63, 3.8) is 0 Å². The van der Waals surface area contributed by atoms with E-state index in [1.54, 1.807) is 11.3 Å². The number of aliphatic hydroxyl groups is 1. The lowest BCUT2D eigenvalue weighted by molar-refractivity contribution is 0.101. The molecule has 5 rings (SSSR count). The maximum absolute atomic E-state index is 10.8. The number of morpholine rings is 1. The molecule has 2 unspecified atom stereocenters. The van der Waals surface area contributed by atoms with Gasteiger partial charge in [-0.15, -0.1) is 21.5 Å². The quantitative estimate of drug-likeness (QED) is 0.707. The number of fused-ring (bicyclic) bond motifs is 1. The lowest BCUT2D eigenvalue weighted by Gasteiger charge is -2.35. The van der Waals surface area contributed by atoms with Gasteiger partial charge in [0.2, 0.25) is 0 Å². The van der Waals surface area contributed by atoms with Gasteiger partial charge in [0.15, 0.2) is 5.82 Å². The molecule has 0 amide bonds. The van der Waals surface area contributed by atoms with Crippen molar-refractivity contribution in [1.82, 2.24) is 15.4 Å². The molecule has 2 atom stereocenters. The average molecular weight is 412 g/mol. The van der Waals surface area contributed by atoms with E-state index in [1.165, 1.54) is 0 Å². The van der Waals surface area contributed by atoms with Crippen molar-refractivity contribution >= 4 is 33.7 Å². The Labute approximate surface area is 173 Å². The van der Waals surface area contributed by atoms with Crippen molar-refractivity contribution in [2.24, 2.45) is 5.92 Å². The lowest BCUT2D eigenvalue weighted by atomic mass is 9.91. The third-order valence-electron chi connectivity index (χ3n) is 5.93. The number of ether oxygens (including phenoxy) is 1. The van der Waals surface area contributed by atoms with E-state index in [2.05, 4.69) is 43.4 Å². The number of benzene rings is 1. The second kappa shape index (κ2) is 8.22. The maximum atomic E-state index is 10.8. The number of anilines is 2. The summed E-state index contributed by atoms with van der Waals surface area (Å²) in [5, 5.41) is 26.6. The Balaban J connectivity index is 1.40. The van der Waals surface area contributed by atoms with E-state index in [1.807, 2.05) is 17.5 Å². The van der Waals surface area contributed by atoms with Gasteiger partial charge in [0.1, 0.15) is 5.52 Å². The van der Waals surface area contributed by atoms with Gasteiger partial charge in [-0.25, -0.2) is 0 Å². The first kappa shape index (κ1) is 18.7. The van der Waals surface area contributed by atoms with Crippen LogP contribution in [0, 0.1) is 5.92 Å². The molecule has 0 saturated carbocycles. The molecular formula is C21H25N5O2S. The SMILES string of the molecule is OC(c1cccs1)C1CCCN(c2nnnc3cc(N4CCOCC4)ccc23)C1. The molecule has 2 aliphatic rings. The number of nitrogens with zero attached hydrogens (tertiary/aromatic N) is 5. The smallest absolute Gasteiger partial charge is 0.162 e. The first-order chi connectivity index (χ1) is 14.3. The third-order valence-corrected chi connectivity index (χ3v) is 6.87. The summed E-state index contributed by atoms with van der Waals surface area (Å²) in [6.07, 6.45) is 1.63. The van der Waals surface area contributed by atoms with Gasteiger partial charge in [-0.1, -0.05) is 6.07 Å². The fourth-order valence-corrected chi connectivity index (χ4v) is 5.17. The van der Waals surface area contributed by atoms with Crippen LogP contribution in [0.15, 0.2) is 35.7 Å². The van der Waals surface area contributed by atoms with Gasteiger partial charge >= 0.3 is 0 Å². The molecule has 152 valence electrons. The summed E-state index contributed by atoms with van der Waals surface area (Å²) in [4.78, 5) is 5.62. The van der Waals surface area contributed by atoms with E-state index in [0.29, 0.717) is 0 Å². The van der Waals surface area contributed by atoms with E-state index >= 15 is 0 Å². The Morgan fingerprint density at radius 3 is 2.83 bits per heavy atom. The Bertz CT molecular complexity index is 961. The summed E-state index contributed by atoms with van der Waals surface area (Å²) in [6.45, 7) is 5.00. The zero-order chi connectivity index (χ0) is 19.6. The lowest BCUT2D eigenvalue weighted by Crippen LogP contribution is -2.38. The highest BCUT2D eigenvalue weighted by molar-refractivity contribution is 7.10. The first-order valence-electron chi connectivity index (χ1n) is 10.2. The van der Waals surface area contributed by atoms with Gasteiger partial charge in [-0.3, -0.25) is 0 Å². The number of thiophene rings is 1. The minimum absolute atomic E-state index is 0.194. The number of hydrogen-bond acceptors (Lipinski definition) is 8. The topological polar surface area (TPSA) is 74.6 Å². The molecule has 4 heterocycles. The van der Waals surface area contributed by atoms with E-state index in [-0.39, 0.29) is 5.92 Å². The standard InChI is InChI=1S/C21H25N5O2S/c27-20(19-4-2-12-29-19)15-3-1-7-26(14-15)21-17-6-5-16(13-18(17)22-24-23-21)25-8-10-28-11-9-25/h2,4-6,12-13,15,20,27H,1,3,7-11,14H2. The summed E-state index contributed by atoms with van der Waals surface area (Å²) in [5.41, 5.74) is 2.01. The predicted octanol–water partition coefficient (Wildman–Crippen LogP) is 2.87. The van der Waals surface area contributed by atoms with Crippen LogP contribution < -0.4 is 9.80 Å². The van der Waals surface area contributed by atoms with Crippen LogP contribution in [0.4, 0.5) is 11.5 Å². The number of hydrogen-bond donors (Lipinski definition) is 1. The van der Waals surface area contributed by atoms with Gasteiger partial charge in [0.05, 0.1) is 19.3 Å². The van der Waals surface area contributed by atoms with Crippen LogP contribution in [0.25, 0.3) is 10.9 Å². The summed E-state index contributed by atoms with van der Waals surface area (Å²) < 4.78 is 5.46. The van der Waals surface area contributed by atoms with Crippen molar-refractivity contribution < 1.29 is 9.84 Å². The molecular weight excluding hydrogens is 386 g/mol. The van der Waals surface area contributed by atoms with Crippen molar-refractivity contribution in [1.29, 1.82) is 0 Å². The van der Waals surface area contributed by atoms with Crippen molar-refractivity contribution in [2.45, 2.75) is 18.9 Å². The van der Waals surface area contributed by atoms with Gasteiger partial charge in [-0.05, 0) is 47.7 Å². The largest absolute Gasteiger partial charge is 0.387 e. The van der Waals surface area contributed by atoms with E-state index in [4.69, 9.17) is 4.74 Å². The molecule has 29 heavy (non-hydrogen) atoms. The van der Waals surface area contributed by atoms with Crippen LogP contribution in [-0.2, 0) is 4.74 Å². The average Bonchev–Trinajstić information content (AvgIpc) is 3.33. The van der Waals surface area contributed by atoms with Crippen LogP contribution in [0.3, 0.4) is 0 Å². The van der Waals surface area contributed by atoms with E-state index in [0.717, 1.165) is 79.5 Å². The highest BCUT2D eigenvalue weighted by atomic mass is 32.1. The number of piperidine rings is 1. The second-order valence-electron chi connectivity index (χ2n) is 7.72. The van der Waals surface area contributed by atoms with Crippen molar-refractivity contribution in [3.8, 4) is 0 Å². The summed E-state index contributed by atoms with van der Waals surface area (Å²) in [6, 6.07) is 10.4. The molecule has 3 aromatic rings. The molecule has 0 spiro atoms. The van der Waals surface area contributed by atoms with Crippen LogP contribution in [0.1, 0.15) is 23.8 Å². The molecule has 2 saturated heterocycles. The van der Waals surface area contributed by atoms with Gasteiger partial charge in [-0.2, -0.15) is 0 Å². The molecule has 0 bridgehead atoms. The molecule has 1 aromatic carbocycles. The highest BCUT2D eigenvalue weighted by Gasteiger charge is 2.29. The second-order valence-corrected chi connectivity index (χ2v) is 8.70. The molecule has 0 aliphatic carbocycles. The summed E-state index contributed by atoms with van der Waals surface area (Å²) in [5.74, 6) is 1.06. The van der Waals surface area contributed by atoms with Crippen molar-refractivity contribution in [3.05, 3.63) is 40.6 Å². The summed E-state index contributed by atoms with van der Waals surface area (Å²) >= 11 is 1.62. The van der Waals surface area contributed by atoms with E-state index < -0.39 is 6.10 Å². The van der Waals surface area contributed by atoms with Gasteiger partial charge in [0.25, 0.3) is 0 Å².